The maximum absolute atomic E-state index is 11.3. The SMILES string of the molecule is CCN1CCN(c2ncc(N)cc2C(=O)O)CC1C. The largest absolute Gasteiger partial charge is 0.478 e. The molecule has 0 bridgehead atoms. The Morgan fingerprint density at radius 1 is 1.58 bits per heavy atom. The molecular weight excluding hydrogens is 244 g/mol. The van der Waals surface area contributed by atoms with Crippen LogP contribution in [-0.2, 0) is 0 Å². The zero-order chi connectivity index (χ0) is 14.0. The summed E-state index contributed by atoms with van der Waals surface area (Å²) in [5, 5.41) is 9.25. The molecule has 1 aliphatic rings. The third-order valence-electron chi connectivity index (χ3n) is 3.59. The Hall–Kier alpha value is -1.82. The molecule has 0 amide bonds. The Kier molecular flexibility index (Phi) is 3.90. The molecule has 1 aromatic heterocycles. The first-order chi connectivity index (χ1) is 9.02. The van der Waals surface area contributed by atoms with Gasteiger partial charge < -0.3 is 15.7 Å². The topological polar surface area (TPSA) is 82.7 Å². The van der Waals surface area contributed by atoms with Crippen molar-refractivity contribution >= 4 is 17.5 Å². The van der Waals surface area contributed by atoms with Crippen LogP contribution in [0, 0.1) is 0 Å². The molecule has 1 fully saturated rings. The number of hydrogen-bond donors (Lipinski definition) is 2. The number of carbonyl (C=O) groups is 1. The summed E-state index contributed by atoms with van der Waals surface area (Å²) >= 11 is 0. The van der Waals surface area contributed by atoms with E-state index in [1.807, 2.05) is 4.90 Å². The van der Waals surface area contributed by atoms with Crippen LogP contribution in [0.2, 0.25) is 0 Å². The van der Waals surface area contributed by atoms with Gasteiger partial charge in [0.05, 0.1) is 11.9 Å². The number of carboxylic acids is 1. The highest BCUT2D eigenvalue weighted by atomic mass is 16.4. The van der Waals surface area contributed by atoms with Crippen molar-refractivity contribution < 1.29 is 9.90 Å². The summed E-state index contributed by atoms with van der Waals surface area (Å²) in [6.07, 6.45) is 1.51. The van der Waals surface area contributed by atoms with Crippen LogP contribution in [0.1, 0.15) is 24.2 Å². The van der Waals surface area contributed by atoms with Crippen LogP contribution in [0.4, 0.5) is 11.5 Å². The van der Waals surface area contributed by atoms with E-state index < -0.39 is 5.97 Å². The van der Waals surface area contributed by atoms with E-state index in [-0.39, 0.29) is 5.56 Å². The second kappa shape index (κ2) is 5.44. The molecule has 2 heterocycles. The second-order valence-corrected chi connectivity index (χ2v) is 4.87. The van der Waals surface area contributed by atoms with Gasteiger partial charge in [0.2, 0.25) is 0 Å². The predicted molar refractivity (Wildman–Crippen MR) is 74.5 cm³/mol. The van der Waals surface area contributed by atoms with Crippen molar-refractivity contribution in [3.05, 3.63) is 17.8 Å². The number of anilines is 2. The van der Waals surface area contributed by atoms with Gasteiger partial charge in [-0.3, -0.25) is 4.90 Å². The van der Waals surface area contributed by atoms with E-state index in [4.69, 9.17) is 5.73 Å². The number of piperazine rings is 1. The van der Waals surface area contributed by atoms with Crippen molar-refractivity contribution in [1.29, 1.82) is 0 Å². The number of nitrogen functional groups attached to an aromatic ring is 1. The summed E-state index contributed by atoms with van der Waals surface area (Å²) in [7, 11) is 0. The molecular formula is C13H20N4O2. The highest BCUT2D eigenvalue weighted by molar-refractivity contribution is 5.94. The minimum Gasteiger partial charge on any atom is -0.478 e. The number of nitrogens with two attached hydrogens (primary N) is 1. The second-order valence-electron chi connectivity index (χ2n) is 4.87. The van der Waals surface area contributed by atoms with Crippen molar-refractivity contribution in [3.8, 4) is 0 Å². The number of rotatable bonds is 3. The van der Waals surface area contributed by atoms with Gasteiger partial charge in [0.1, 0.15) is 11.4 Å². The van der Waals surface area contributed by atoms with E-state index in [9.17, 15) is 9.90 Å². The van der Waals surface area contributed by atoms with Gasteiger partial charge in [0, 0.05) is 25.7 Å². The highest BCUT2D eigenvalue weighted by Crippen LogP contribution is 2.23. The average molecular weight is 264 g/mol. The third kappa shape index (κ3) is 2.78. The molecule has 0 aliphatic carbocycles. The van der Waals surface area contributed by atoms with E-state index >= 15 is 0 Å². The van der Waals surface area contributed by atoms with Gasteiger partial charge in [-0.2, -0.15) is 0 Å². The minimum absolute atomic E-state index is 0.178. The lowest BCUT2D eigenvalue weighted by Gasteiger charge is -2.40. The van der Waals surface area contributed by atoms with Crippen LogP contribution in [0.5, 0.6) is 0 Å². The molecule has 1 atom stereocenters. The first-order valence-corrected chi connectivity index (χ1v) is 6.50. The van der Waals surface area contributed by atoms with Crippen LogP contribution < -0.4 is 10.6 Å². The standard InChI is InChI=1S/C13H20N4O2/c1-3-16-4-5-17(8-9(16)2)12-11(13(18)19)6-10(14)7-15-12/h6-7,9H,3-5,8,14H2,1-2H3,(H,18,19). The lowest BCUT2D eigenvalue weighted by Crippen LogP contribution is -2.52. The molecule has 6 nitrogen and oxygen atoms in total. The Morgan fingerprint density at radius 2 is 2.32 bits per heavy atom. The number of hydrogen-bond acceptors (Lipinski definition) is 5. The molecule has 3 N–H and O–H groups in total. The average Bonchev–Trinajstić information content (AvgIpc) is 2.38. The Balaban J connectivity index is 2.25. The molecule has 0 saturated carbocycles. The van der Waals surface area contributed by atoms with Crippen molar-refractivity contribution in [2.75, 3.05) is 36.8 Å². The van der Waals surface area contributed by atoms with Crippen LogP contribution in [-0.4, -0.2) is 53.2 Å². The molecule has 0 radical (unpaired) electrons. The van der Waals surface area contributed by atoms with Crippen molar-refractivity contribution in [2.45, 2.75) is 19.9 Å². The summed E-state index contributed by atoms with van der Waals surface area (Å²) in [6, 6.07) is 1.86. The Labute approximate surface area is 112 Å². The van der Waals surface area contributed by atoms with Crippen molar-refractivity contribution in [1.82, 2.24) is 9.88 Å². The molecule has 6 heteroatoms. The van der Waals surface area contributed by atoms with Gasteiger partial charge >= 0.3 is 5.97 Å². The Bertz CT molecular complexity index is 478. The van der Waals surface area contributed by atoms with Gasteiger partial charge in [0.15, 0.2) is 0 Å². The maximum atomic E-state index is 11.3. The fourth-order valence-corrected chi connectivity index (χ4v) is 2.54. The first kappa shape index (κ1) is 13.6. The van der Waals surface area contributed by atoms with Crippen LogP contribution in [0.3, 0.4) is 0 Å². The van der Waals surface area contributed by atoms with E-state index in [0.717, 1.165) is 26.2 Å². The quantitative estimate of drug-likeness (QED) is 0.843. The van der Waals surface area contributed by atoms with E-state index in [1.54, 1.807) is 0 Å². The first-order valence-electron chi connectivity index (χ1n) is 6.50. The summed E-state index contributed by atoms with van der Waals surface area (Å²) in [6.45, 7) is 7.78. The number of likely N-dealkylation sites (N-methyl/N-ethyl adjacent to an activating group) is 1. The van der Waals surface area contributed by atoms with Crippen LogP contribution in [0.15, 0.2) is 12.3 Å². The maximum Gasteiger partial charge on any atom is 0.339 e. The van der Waals surface area contributed by atoms with Gasteiger partial charge in [0.25, 0.3) is 0 Å². The zero-order valence-electron chi connectivity index (χ0n) is 11.3. The predicted octanol–water partition coefficient (Wildman–Crippen LogP) is 0.892. The van der Waals surface area contributed by atoms with E-state index in [0.29, 0.717) is 17.5 Å². The Morgan fingerprint density at radius 3 is 2.89 bits per heavy atom. The molecule has 2 rings (SSSR count). The molecule has 0 aromatic carbocycles. The van der Waals surface area contributed by atoms with Crippen LogP contribution in [0.25, 0.3) is 0 Å². The summed E-state index contributed by atoms with van der Waals surface area (Å²) < 4.78 is 0. The van der Waals surface area contributed by atoms with E-state index in [1.165, 1.54) is 12.3 Å². The lowest BCUT2D eigenvalue weighted by molar-refractivity contribution is 0.0696. The third-order valence-corrected chi connectivity index (χ3v) is 3.59. The van der Waals surface area contributed by atoms with Crippen molar-refractivity contribution in [3.63, 3.8) is 0 Å². The van der Waals surface area contributed by atoms with E-state index in [2.05, 4.69) is 23.7 Å². The van der Waals surface area contributed by atoms with Crippen LogP contribution >= 0.6 is 0 Å². The summed E-state index contributed by atoms with van der Waals surface area (Å²) in [4.78, 5) is 19.9. The van der Waals surface area contributed by atoms with Crippen molar-refractivity contribution in [2.24, 2.45) is 0 Å². The monoisotopic (exact) mass is 264 g/mol. The number of carboxylic acid groups (broad SMARTS) is 1. The molecule has 1 saturated heterocycles. The van der Waals surface area contributed by atoms with Gasteiger partial charge in [-0.25, -0.2) is 9.78 Å². The molecule has 1 unspecified atom stereocenters. The van der Waals surface area contributed by atoms with Gasteiger partial charge in [-0.15, -0.1) is 0 Å². The molecule has 1 aromatic rings. The fourth-order valence-electron chi connectivity index (χ4n) is 2.54. The molecule has 19 heavy (non-hydrogen) atoms. The fraction of sp³-hybridized carbons (Fsp3) is 0.538. The normalized spacial score (nSPS) is 20.5. The van der Waals surface area contributed by atoms with Gasteiger partial charge in [-0.1, -0.05) is 6.92 Å². The minimum atomic E-state index is -0.986. The number of aromatic carboxylic acids is 1. The lowest BCUT2D eigenvalue weighted by atomic mass is 10.1. The zero-order valence-corrected chi connectivity index (χ0v) is 11.3. The molecule has 104 valence electrons. The van der Waals surface area contributed by atoms with Gasteiger partial charge in [-0.05, 0) is 19.5 Å². The highest BCUT2D eigenvalue weighted by Gasteiger charge is 2.26. The summed E-state index contributed by atoms with van der Waals surface area (Å²) in [5.74, 6) is -0.468. The molecule has 0 spiro atoms. The smallest absolute Gasteiger partial charge is 0.339 e. The molecule has 1 aliphatic heterocycles. The number of nitrogens with zero attached hydrogens (tertiary/aromatic N) is 3. The number of pyridine rings is 1. The number of aromatic nitrogens is 1. The summed E-state index contributed by atoms with van der Waals surface area (Å²) in [5.41, 5.74) is 6.17.